The van der Waals surface area contributed by atoms with E-state index in [0.717, 1.165) is 23.8 Å². The second kappa shape index (κ2) is 4.65. The lowest BCUT2D eigenvalue weighted by molar-refractivity contribution is 0.210. The molecule has 2 aliphatic carbocycles. The van der Waals surface area contributed by atoms with E-state index in [1.165, 1.54) is 44.9 Å². The monoisotopic (exact) mass is 195 g/mol. The van der Waals surface area contributed by atoms with Crippen LogP contribution in [0.1, 0.15) is 51.9 Å². The zero-order valence-corrected chi connectivity index (χ0v) is 9.76. The molecule has 0 bridgehead atoms. The number of nitrogens with one attached hydrogen (secondary N) is 1. The van der Waals surface area contributed by atoms with Crippen LogP contribution in [0.4, 0.5) is 0 Å². The summed E-state index contributed by atoms with van der Waals surface area (Å²) in [6.45, 7) is 2.47. The molecule has 14 heavy (non-hydrogen) atoms. The Morgan fingerprint density at radius 3 is 2.07 bits per heavy atom. The Hall–Kier alpha value is -0.0400. The summed E-state index contributed by atoms with van der Waals surface area (Å²) in [5, 5.41) is 3.59. The first-order chi connectivity index (χ1) is 6.83. The lowest BCUT2D eigenvalue weighted by Gasteiger charge is -2.34. The van der Waals surface area contributed by atoms with Gasteiger partial charge in [-0.3, -0.25) is 0 Å². The predicted octanol–water partition coefficient (Wildman–Crippen LogP) is 3.20. The molecule has 0 radical (unpaired) electrons. The molecule has 0 spiro atoms. The van der Waals surface area contributed by atoms with E-state index in [9.17, 15) is 0 Å². The van der Waals surface area contributed by atoms with E-state index < -0.39 is 0 Å². The van der Waals surface area contributed by atoms with Gasteiger partial charge in [0, 0.05) is 6.04 Å². The SMILES string of the molecule is CNC(C1CCCCC1)C(C)C1CC1. The molecule has 0 amide bonds. The summed E-state index contributed by atoms with van der Waals surface area (Å²) in [7, 11) is 2.16. The van der Waals surface area contributed by atoms with Crippen molar-refractivity contribution in [2.24, 2.45) is 17.8 Å². The van der Waals surface area contributed by atoms with E-state index in [4.69, 9.17) is 0 Å². The average molecular weight is 195 g/mol. The van der Waals surface area contributed by atoms with Crippen LogP contribution in [0.25, 0.3) is 0 Å². The number of rotatable bonds is 4. The largest absolute Gasteiger partial charge is 0.316 e. The Balaban J connectivity index is 1.89. The topological polar surface area (TPSA) is 12.0 Å². The van der Waals surface area contributed by atoms with E-state index >= 15 is 0 Å². The maximum atomic E-state index is 3.59. The Morgan fingerprint density at radius 2 is 1.57 bits per heavy atom. The van der Waals surface area contributed by atoms with Crippen LogP contribution in [-0.2, 0) is 0 Å². The molecule has 0 aromatic carbocycles. The Morgan fingerprint density at radius 1 is 0.929 bits per heavy atom. The third kappa shape index (κ3) is 2.31. The summed E-state index contributed by atoms with van der Waals surface area (Å²) in [6, 6.07) is 0.808. The highest BCUT2D eigenvalue weighted by Gasteiger charge is 2.36. The van der Waals surface area contributed by atoms with Crippen molar-refractivity contribution >= 4 is 0 Å². The van der Waals surface area contributed by atoms with E-state index in [1.807, 2.05) is 0 Å². The minimum atomic E-state index is 0.808. The van der Waals surface area contributed by atoms with Gasteiger partial charge in [-0.25, -0.2) is 0 Å². The van der Waals surface area contributed by atoms with Gasteiger partial charge in [-0.2, -0.15) is 0 Å². The molecule has 1 heteroatoms. The van der Waals surface area contributed by atoms with Crippen molar-refractivity contribution in [1.82, 2.24) is 5.32 Å². The van der Waals surface area contributed by atoms with Crippen molar-refractivity contribution in [3.63, 3.8) is 0 Å². The third-order valence-corrected chi connectivity index (χ3v) is 4.42. The first kappa shape index (κ1) is 10.5. The van der Waals surface area contributed by atoms with E-state index in [0.29, 0.717) is 0 Å². The molecule has 1 N–H and O–H groups in total. The summed E-state index contributed by atoms with van der Waals surface area (Å²) < 4.78 is 0. The van der Waals surface area contributed by atoms with Crippen molar-refractivity contribution in [2.45, 2.75) is 57.9 Å². The Kier molecular flexibility index (Phi) is 3.48. The van der Waals surface area contributed by atoms with Crippen LogP contribution in [0.2, 0.25) is 0 Å². The molecule has 2 fully saturated rings. The molecule has 2 aliphatic rings. The van der Waals surface area contributed by atoms with Crippen LogP contribution in [0.5, 0.6) is 0 Å². The molecular weight excluding hydrogens is 170 g/mol. The Bertz CT molecular complexity index is 168. The van der Waals surface area contributed by atoms with Gasteiger partial charge in [0.2, 0.25) is 0 Å². The summed E-state index contributed by atoms with van der Waals surface area (Å²) in [5.74, 6) is 2.95. The standard InChI is InChI=1S/C13H25N/c1-10(11-8-9-11)13(14-2)12-6-4-3-5-7-12/h10-14H,3-9H2,1-2H3. The maximum Gasteiger partial charge on any atom is 0.0121 e. The first-order valence-electron chi connectivity index (χ1n) is 6.50. The zero-order chi connectivity index (χ0) is 9.97. The van der Waals surface area contributed by atoms with Crippen molar-refractivity contribution in [3.8, 4) is 0 Å². The van der Waals surface area contributed by atoms with Gasteiger partial charge >= 0.3 is 0 Å². The summed E-state index contributed by atoms with van der Waals surface area (Å²) in [4.78, 5) is 0. The van der Waals surface area contributed by atoms with Gasteiger partial charge in [0.05, 0.1) is 0 Å². The van der Waals surface area contributed by atoms with E-state index in [1.54, 1.807) is 0 Å². The predicted molar refractivity (Wildman–Crippen MR) is 61.3 cm³/mol. The molecule has 2 atom stereocenters. The molecule has 0 heterocycles. The lowest BCUT2D eigenvalue weighted by atomic mass is 9.78. The van der Waals surface area contributed by atoms with Gasteiger partial charge in [-0.15, -0.1) is 0 Å². The molecule has 82 valence electrons. The van der Waals surface area contributed by atoms with E-state index in [-0.39, 0.29) is 0 Å². The average Bonchev–Trinajstić information content (AvgIpc) is 3.03. The molecule has 0 aromatic heterocycles. The first-order valence-corrected chi connectivity index (χ1v) is 6.50. The van der Waals surface area contributed by atoms with Crippen LogP contribution >= 0.6 is 0 Å². The van der Waals surface area contributed by atoms with E-state index in [2.05, 4.69) is 19.3 Å². The smallest absolute Gasteiger partial charge is 0.0121 e. The minimum absolute atomic E-state index is 0.808. The van der Waals surface area contributed by atoms with Crippen LogP contribution < -0.4 is 5.32 Å². The summed E-state index contributed by atoms with van der Waals surface area (Å²) in [6.07, 6.45) is 10.4. The lowest BCUT2D eigenvalue weighted by Crippen LogP contribution is -2.40. The molecule has 2 rings (SSSR count). The third-order valence-electron chi connectivity index (χ3n) is 4.42. The van der Waals surface area contributed by atoms with Crippen LogP contribution in [0.15, 0.2) is 0 Å². The highest BCUT2D eigenvalue weighted by atomic mass is 14.9. The van der Waals surface area contributed by atoms with Gasteiger partial charge < -0.3 is 5.32 Å². The fourth-order valence-corrected chi connectivity index (χ4v) is 3.34. The van der Waals surface area contributed by atoms with Crippen molar-refractivity contribution in [3.05, 3.63) is 0 Å². The van der Waals surface area contributed by atoms with Crippen molar-refractivity contribution < 1.29 is 0 Å². The molecular formula is C13H25N. The molecule has 0 saturated heterocycles. The van der Waals surface area contributed by atoms with Gasteiger partial charge in [0.1, 0.15) is 0 Å². The number of hydrogen-bond acceptors (Lipinski definition) is 1. The van der Waals surface area contributed by atoms with Crippen LogP contribution in [0, 0.1) is 17.8 Å². The molecule has 0 aliphatic heterocycles. The fourth-order valence-electron chi connectivity index (χ4n) is 3.34. The Labute approximate surface area is 88.7 Å². The highest BCUT2D eigenvalue weighted by molar-refractivity contribution is 4.90. The molecule has 0 aromatic rings. The summed E-state index contributed by atoms with van der Waals surface area (Å²) in [5.41, 5.74) is 0. The van der Waals surface area contributed by atoms with Gasteiger partial charge in [0.25, 0.3) is 0 Å². The van der Waals surface area contributed by atoms with Crippen molar-refractivity contribution in [2.75, 3.05) is 7.05 Å². The zero-order valence-electron chi connectivity index (χ0n) is 9.76. The molecule has 2 saturated carbocycles. The quantitative estimate of drug-likeness (QED) is 0.726. The second-order valence-electron chi connectivity index (χ2n) is 5.41. The maximum absolute atomic E-state index is 3.59. The van der Waals surface area contributed by atoms with Crippen LogP contribution in [0.3, 0.4) is 0 Å². The van der Waals surface area contributed by atoms with Gasteiger partial charge in [-0.05, 0) is 50.5 Å². The van der Waals surface area contributed by atoms with Gasteiger partial charge in [-0.1, -0.05) is 26.2 Å². The fraction of sp³-hybridized carbons (Fsp3) is 1.00. The summed E-state index contributed by atoms with van der Waals surface area (Å²) >= 11 is 0. The highest BCUT2D eigenvalue weighted by Crippen LogP contribution is 2.41. The van der Waals surface area contributed by atoms with Crippen molar-refractivity contribution in [1.29, 1.82) is 0 Å². The van der Waals surface area contributed by atoms with Crippen LogP contribution in [-0.4, -0.2) is 13.1 Å². The number of hydrogen-bond donors (Lipinski definition) is 1. The van der Waals surface area contributed by atoms with Gasteiger partial charge in [0.15, 0.2) is 0 Å². The normalized spacial score (nSPS) is 28.7. The molecule has 2 unspecified atom stereocenters. The minimum Gasteiger partial charge on any atom is -0.316 e. The molecule has 1 nitrogen and oxygen atoms in total. The second-order valence-corrected chi connectivity index (χ2v) is 5.41.